The van der Waals surface area contributed by atoms with E-state index in [4.69, 9.17) is 4.74 Å². The van der Waals surface area contributed by atoms with Gasteiger partial charge in [-0.2, -0.15) is 0 Å². The number of hydrogen-bond donors (Lipinski definition) is 2. The van der Waals surface area contributed by atoms with Crippen molar-refractivity contribution < 1.29 is 17.9 Å². The third-order valence-electron chi connectivity index (χ3n) is 4.21. The van der Waals surface area contributed by atoms with Crippen LogP contribution in [0, 0.1) is 0 Å². The first-order valence-electron chi connectivity index (χ1n) is 8.58. The molecule has 2 heterocycles. The highest BCUT2D eigenvalue weighted by molar-refractivity contribution is 7.92. The first-order chi connectivity index (χ1) is 13.5. The van der Waals surface area contributed by atoms with Gasteiger partial charge in [0.2, 0.25) is 5.91 Å². The van der Waals surface area contributed by atoms with Gasteiger partial charge >= 0.3 is 0 Å². The highest BCUT2D eigenvalue weighted by Crippen LogP contribution is 2.27. The predicted molar refractivity (Wildman–Crippen MR) is 105 cm³/mol. The molecule has 1 aromatic heterocycles. The average Bonchev–Trinajstić information content (AvgIpc) is 3.06. The number of benzene rings is 2. The highest BCUT2D eigenvalue weighted by atomic mass is 32.2. The molecular weight excluding hydrogens is 378 g/mol. The van der Waals surface area contributed by atoms with Gasteiger partial charge in [0, 0.05) is 18.0 Å². The van der Waals surface area contributed by atoms with Crippen molar-refractivity contribution in [2.45, 2.75) is 17.9 Å². The molecule has 4 rings (SSSR count). The van der Waals surface area contributed by atoms with Gasteiger partial charge in [0.15, 0.2) is 0 Å². The van der Waals surface area contributed by atoms with Crippen molar-refractivity contribution in [2.24, 2.45) is 0 Å². The molecule has 0 fully saturated rings. The monoisotopic (exact) mass is 395 g/mol. The van der Waals surface area contributed by atoms with E-state index in [2.05, 4.69) is 15.0 Å². The maximum Gasteiger partial charge on any atom is 0.261 e. The molecule has 1 amide bonds. The number of ether oxygens (including phenoxy) is 1. The van der Waals surface area contributed by atoms with Gasteiger partial charge in [-0.25, -0.2) is 8.42 Å². The predicted octanol–water partition coefficient (Wildman–Crippen LogP) is 2.96. The number of sulfonamides is 1. The van der Waals surface area contributed by atoms with E-state index < -0.39 is 10.0 Å². The summed E-state index contributed by atoms with van der Waals surface area (Å²) in [6.07, 6.45) is 1.86. The van der Waals surface area contributed by atoms with Crippen LogP contribution >= 0.6 is 0 Å². The molecule has 0 saturated carbocycles. The van der Waals surface area contributed by atoms with Crippen molar-refractivity contribution >= 4 is 27.3 Å². The van der Waals surface area contributed by atoms with Crippen LogP contribution in [-0.4, -0.2) is 19.3 Å². The second-order valence-corrected chi connectivity index (χ2v) is 7.97. The Bertz CT molecular complexity index is 1130. The molecule has 0 bridgehead atoms. The highest BCUT2D eigenvalue weighted by Gasteiger charge is 2.22. The standard InChI is InChI=1S/C20H17N3O4S/c24-20-11-14-10-18(7-8-19(14)22-20)28(25,26)23-15-5-3-6-17(12-15)27-13-16-4-1-2-9-21-16/h1-10,12,23H,11,13H2,(H,22,24). The van der Waals surface area contributed by atoms with Crippen LogP contribution in [0.3, 0.4) is 0 Å². The minimum Gasteiger partial charge on any atom is -0.487 e. The summed E-state index contributed by atoms with van der Waals surface area (Å²) in [6.45, 7) is 0.281. The van der Waals surface area contributed by atoms with E-state index in [0.29, 0.717) is 22.7 Å². The van der Waals surface area contributed by atoms with Gasteiger partial charge in [0.1, 0.15) is 12.4 Å². The summed E-state index contributed by atoms with van der Waals surface area (Å²) in [5.41, 5.74) is 2.47. The Morgan fingerprint density at radius 3 is 2.79 bits per heavy atom. The lowest BCUT2D eigenvalue weighted by molar-refractivity contribution is -0.115. The molecule has 3 aromatic rings. The summed E-state index contributed by atoms with van der Waals surface area (Å²) in [6, 6.07) is 16.8. The van der Waals surface area contributed by atoms with Crippen LogP contribution in [0.25, 0.3) is 0 Å². The van der Waals surface area contributed by atoms with Gasteiger partial charge in [0.25, 0.3) is 10.0 Å². The number of carbonyl (C=O) groups is 1. The van der Waals surface area contributed by atoms with Crippen LogP contribution < -0.4 is 14.8 Å². The molecule has 1 aliphatic rings. The number of carbonyl (C=O) groups excluding carboxylic acids is 1. The molecule has 8 heteroatoms. The number of anilines is 2. The van der Waals surface area contributed by atoms with Crippen molar-refractivity contribution in [3.05, 3.63) is 78.1 Å². The minimum atomic E-state index is -3.79. The maximum absolute atomic E-state index is 12.7. The molecule has 142 valence electrons. The maximum atomic E-state index is 12.7. The van der Waals surface area contributed by atoms with Crippen LogP contribution in [0.2, 0.25) is 0 Å². The van der Waals surface area contributed by atoms with E-state index in [1.54, 1.807) is 36.5 Å². The van der Waals surface area contributed by atoms with E-state index >= 15 is 0 Å². The number of aromatic nitrogens is 1. The average molecular weight is 395 g/mol. The summed E-state index contributed by atoms with van der Waals surface area (Å²) >= 11 is 0. The van der Waals surface area contributed by atoms with E-state index in [1.165, 1.54) is 12.1 Å². The molecule has 28 heavy (non-hydrogen) atoms. The van der Waals surface area contributed by atoms with Crippen LogP contribution in [-0.2, 0) is 27.8 Å². The Hall–Kier alpha value is -3.39. The minimum absolute atomic E-state index is 0.0996. The fourth-order valence-electron chi connectivity index (χ4n) is 2.88. The van der Waals surface area contributed by atoms with Crippen LogP contribution in [0.15, 0.2) is 71.8 Å². The third kappa shape index (κ3) is 3.96. The molecule has 7 nitrogen and oxygen atoms in total. The molecular formula is C20H17N3O4S. The lowest BCUT2D eigenvalue weighted by Crippen LogP contribution is -2.13. The van der Waals surface area contributed by atoms with Crippen molar-refractivity contribution in [1.82, 2.24) is 4.98 Å². The van der Waals surface area contributed by atoms with Gasteiger partial charge < -0.3 is 10.1 Å². The van der Waals surface area contributed by atoms with Crippen LogP contribution in [0.1, 0.15) is 11.3 Å². The number of amides is 1. The Morgan fingerprint density at radius 2 is 1.96 bits per heavy atom. The summed E-state index contributed by atoms with van der Waals surface area (Å²) < 4.78 is 33.6. The molecule has 0 radical (unpaired) electrons. The number of nitrogens with one attached hydrogen (secondary N) is 2. The fourth-order valence-corrected chi connectivity index (χ4v) is 3.98. The topological polar surface area (TPSA) is 97.4 Å². The van der Waals surface area contributed by atoms with Gasteiger partial charge in [-0.05, 0) is 48.0 Å². The Balaban J connectivity index is 1.49. The normalized spacial score (nSPS) is 12.9. The zero-order chi connectivity index (χ0) is 19.6. The Labute approximate surface area is 162 Å². The van der Waals surface area contributed by atoms with E-state index in [1.807, 2.05) is 18.2 Å². The largest absolute Gasteiger partial charge is 0.487 e. The molecule has 1 aliphatic heterocycles. The van der Waals surface area contributed by atoms with E-state index in [9.17, 15) is 13.2 Å². The first-order valence-corrected chi connectivity index (χ1v) is 10.1. The summed E-state index contributed by atoms with van der Waals surface area (Å²) in [5.74, 6) is 0.380. The van der Waals surface area contributed by atoms with Gasteiger partial charge in [-0.3, -0.25) is 14.5 Å². The quantitative estimate of drug-likeness (QED) is 0.669. The number of rotatable bonds is 6. The molecule has 0 saturated heterocycles. The van der Waals surface area contributed by atoms with Gasteiger partial charge in [-0.1, -0.05) is 12.1 Å². The fraction of sp³-hybridized carbons (Fsp3) is 0.100. The van der Waals surface area contributed by atoms with Crippen LogP contribution in [0.5, 0.6) is 5.75 Å². The van der Waals surface area contributed by atoms with Gasteiger partial charge in [-0.15, -0.1) is 0 Å². The zero-order valence-electron chi connectivity index (χ0n) is 14.8. The molecule has 0 aliphatic carbocycles. The summed E-state index contributed by atoms with van der Waals surface area (Å²) in [5, 5.41) is 2.68. The smallest absolute Gasteiger partial charge is 0.261 e. The van der Waals surface area contributed by atoms with Crippen LogP contribution in [0.4, 0.5) is 11.4 Å². The number of fused-ring (bicyclic) bond motifs is 1. The number of nitrogens with zero attached hydrogens (tertiary/aromatic N) is 1. The van der Waals surface area contributed by atoms with E-state index in [-0.39, 0.29) is 23.8 Å². The Morgan fingerprint density at radius 1 is 1.07 bits per heavy atom. The van der Waals surface area contributed by atoms with E-state index in [0.717, 1.165) is 5.69 Å². The molecule has 0 atom stereocenters. The van der Waals surface area contributed by atoms with Crippen molar-refractivity contribution in [1.29, 1.82) is 0 Å². The van der Waals surface area contributed by atoms with Crippen molar-refractivity contribution in [3.8, 4) is 5.75 Å². The summed E-state index contributed by atoms with van der Waals surface area (Å²) in [7, 11) is -3.79. The second kappa shape index (κ2) is 7.32. The molecule has 2 aromatic carbocycles. The first kappa shape index (κ1) is 18.0. The number of hydrogen-bond acceptors (Lipinski definition) is 5. The van der Waals surface area contributed by atoms with Gasteiger partial charge in [0.05, 0.1) is 22.7 Å². The van der Waals surface area contributed by atoms with Crippen molar-refractivity contribution in [3.63, 3.8) is 0 Å². The second-order valence-electron chi connectivity index (χ2n) is 6.29. The summed E-state index contributed by atoms with van der Waals surface area (Å²) in [4.78, 5) is 15.7. The SMILES string of the molecule is O=C1Cc2cc(S(=O)(=O)Nc3cccc(OCc4ccccn4)c3)ccc2N1. The van der Waals surface area contributed by atoms with Crippen molar-refractivity contribution in [2.75, 3.05) is 10.0 Å². The lowest BCUT2D eigenvalue weighted by Gasteiger charge is -2.11. The third-order valence-corrected chi connectivity index (χ3v) is 5.59. The lowest BCUT2D eigenvalue weighted by atomic mass is 10.2. The zero-order valence-corrected chi connectivity index (χ0v) is 15.6. The number of pyridine rings is 1. The molecule has 2 N–H and O–H groups in total. The Kier molecular flexibility index (Phi) is 4.70. The molecule has 0 unspecified atom stereocenters. The molecule has 0 spiro atoms.